The number of rotatable bonds is 7. The molecule has 7 heteroatoms. The zero-order valence-electron chi connectivity index (χ0n) is 14.8. The first-order valence-electron chi connectivity index (χ1n) is 8.07. The Morgan fingerprint density at radius 2 is 1.81 bits per heavy atom. The highest BCUT2D eigenvalue weighted by atomic mass is 16.6. The molecule has 0 heterocycles. The Morgan fingerprint density at radius 3 is 2.35 bits per heavy atom. The molecular formula is C19H20N2O5. The molecule has 26 heavy (non-hydrogen) atoms. The maximum atomic E-state index is 13.0. The lowest BCUT2D eigenvalue weighted by molar-refractivity contribution is -0.384. The number of non-ortho nitro benzene ring substituents is 1. The largest absolute Gasteiger partial charge is 0.465 e. The van der Waals surface area contributed by atoms with Crippen molar-refractivity contribution in [2.24, 2.45) is 0 Å². The molecule has 7 nitrogen and oxygen atoms in total. The topological polar surface area (TPSA) is 89.8 Å². The predicted octanol–water partition coefficient (Wildman–Crippen LogP) is 3.19. The highest BCUT2D eigenvalue weighted by Crippen LogP contribution is 2.26. The van der Waals surface area contributed by atoms with Crippen molar-refractivity contribution in [1.29, 1.82) is 0 Å². The van der Waals surface area contributed by atoms with Crippen molar-refractivity contribution in [1.82, 2.24) is 0 Å². The quantitative estimate of drug-likeness (QED) is 0.249. The van der Waals surface area contributed by atoms with Crippen LogP contribution >= 0.6 is 0 Å². The van der Waals surface area contributed by atoms with Gasteiger partial charge in [-0.05, 0) is 24.6 Å². The number of Topliss-reactive ketones (excluding diaryl/α,β-unsaturated/α-hetero) is 1. The minimum Gasteiger partial charge on any atom is -0.465 e. The van der Waals surface area contributed by atoms with Gasteiger partial charge in [0.1, 0.15) is 5.92 Å². The average molecular weight is 356 g/mol. The third-order valence-corrected chi connectivity index (χ3v) is 3.87. The van der Waals surface area contributed by atoms with Crippen LogP contribution in [0.1, 0.15) is 28.8 Å². The van der Waals surface area contributed by atoms with Gasteiger partial charge in [0.05, 0.1) is 11.5 Å². The van der Waals surface area contributed by atoms with Gasteiger partial charge >= 0.3 is 5.97 Å². The van der Waals surface area contributed by atoms with Crippen LogP contribution in [0.3, 0.4) is 0 Å². The number of hydrogen-bond donors (Lipinski definition) is 0. The SMILES string of the molecule is CCOC(=O)C(C(=O)c1cccc(N(C)C)c1)c1ccc([N+](=O)[O-])cc1. The molecule has 2 aromatic carbocycles. The number of nitrogens with zero attached hydrogens (tertiary/aromatic N) is 2. The van der Waals surface area contributed by atoms with Crippen molar-refractivity contribution in [3.8, 4) is 0 Å². The van der Waals surface area contributed by atoms with Crippen molar-refractivity contribution < 1.29 is 19.2 Å². The molecule has 0 aliphatic carbocycles. The highest BCUT2D eigenvalue weighted by Gasteiger charge is 2.31. The van der Waals surface area contributed by atoms with Gasteiger partial charge < -0.3 is 9.64 Å². The molecule has 1 unspecified atom stereocenters. The van der Waals surface area contributed by atoms with Gasteiger partial charge in [-0.1, -0.05) is 24.3 Å². The Morgan fingerprint density at radius 1 is 1.15 bits per heavy atom. The molecule has 136 valence electrons. The van der Waals surface area contributed by atoms with Crippen LogP contribution in [0.25, 0.3) is 0 Å². The van der Waals surface area contributed by atoms with Crippen LogP contribution in [0.15, 0.2) is 48.5 Å². The third kappa shape index (κ3) is 4.24. The van der Waals surface area contributed by atoms with Gasteiger partial charge in [-0.3, -0.25) is 19.7 Å². The Labute approximate surface area is 151 Å². The highest BCUT2D eigenvalue weighted by molar-refractivity contribution is 6.13. The summed E-state index contributed by atoms with van der Waals surface area (Å²) < 4.78 is 5.05. The van der Waals surface area contributed by atoms with E-state index in [1.54, 1.807) is 25.1 Å². The van der Waals surface area contributed by atoms with Crippen LogP contribution in [0.4, 0.5) is 11.4 Å². The molecule has 0 saturated carbocycles. The molecule has 0 amide bonds. The molecule has 0 aliphatic rings. The van der Waals surface area contributed by atoms with Crippen LogP contribution in [0.5, 0.6) is 0 Å². The molecule has 2 rings (SSSR count). The number of esters is 1. The summed E-state index contributed by atoms with van der Waals surface area (Å²) in [6, 6.07) is 12.3. The van der Waals surface area contributed by atoms with Gasteiger partial charge in [0.25, 0.3) is 5.69 Å². The minimum absolute atomic E-state index is 0.113. The number of ketones is 1. The molecular weight excluding hydrogens is 336 g/mol. The summed E-state index contributed by atoms with van der Waals surface area (Å²) in [6.07, 6.45) is 0. The van der Waals surface area contributed by atoms with Gasteiger partial charge in [0.15, 0.2) is 5.78 Å². The molecule has 0 N–H and O–H groups in total. The number of ether oxygens (including phenoxy) is 1. The van der Waals surface area contributed by atoms with E-state index in [9.17, 15) is 19.7 Å². The Bertz CT molecular complexity index is 815. The monoisotopic (exact) mass is 356 g/mol. The molecule has 1 atom stereocenters. The van der Waals surface area contributed by atoms with E-state index in [1.807, 2.05) is 25.1 Å². The zero-order chi connectivity index (χ0) is 19.3. The Kier molecular flexibility index (Phi) is 6.06. The fourth-order valence-corrected chi connectivity index (χ4v) is 2.51. The summed E-state index contributed by atoms with van der Waals surface area (Å²) >= 11 is 0. The standard InChI is InChI=1S/C19H20N2O5/c1-4-26-19(23)17(13-8-10-15(11-9-13)21(24)25)18(22)14-6-5-7-16(12-14)20(2)3/h5-12,17H,4H2,1-3H3. The third-order valence-electron chi connectivity index (χ3n) is 3.87. The lowest BCUT2D eigenvalue weighted by Gasteiger charge is -2.17. The lowest BCUT2D eigenvalue weighted by atomic mass is 9.90. The molecule has 0 fully saturated rings. The van der Waals surface area contributed by atoms with E-state index in [-0.39, 0.29) is 12.3 Å². The smallest absolute Gasteiger partial charge is 0.321 e. The van der Waals surface area contributed by atoms with Crippen LogP contribution < -0.4 is 4.90 Å². The summed E-state index contributed by atoms with van der Waals surface area (Å²) in [6.45, 7) is 1.79. The predicted molar refractivity (Wildman–Crippen MR) is 97.6 cm³/mol. The van der Waals surface area contributed by atoms with Crippen molar-refractivity contribution >= 4 is 23.1 Å². The van der Waals surface area contributed by atoms with Crippen molar-refractivity contribution in [2.45, 2.75) is 12.8 Å². The number of benzene rings is 2. The van der Waals surface area contributed by atoms with Crippen molar-refractivity contribution in [3.63, 3.8) is 0 Å². The number of anilines is 1. The Hall–Kier alpha value is -3.22. The second-order valence-corrected chi connectivity index (χ2v) is 5.84. The number of nitro benzene ring substituents is 1. The normalized spacial score (nSPS) is 11.5. The Balaban J connectivity index is 2.44. The van der Waals surface area contributed by atoms with E-state index in [0.717, 1.165) is 5.69 Å². The summed E-state index contributed by atoms with van der Waals surface area (Å²) in [5.41, 5.74) is 1.43. The molecule has 0 bridgehead atoms. The number of nitro groups is 1. The van der Waals surface area contributed by atoms with Crippen LogP contribution in [0, 0.1) is 10.1 Å². The summed E-state index contributed by atoms with van der Waals surface area (Å²) in [5.74, 6) is -2.27. The number of carbonyl (C=O) groups excluding carboxylic acids is 2. The van der Waals surface area contributed by atoms with E-state index in [2.05, 4.69) is 0 Å². The summed E-state index contributed by atoms with van der Waals surface area (Å²) in [7, 11) is 3.70. The van der Waals surface area contributed by atoms with Crippen LogP contribution in [0.2, 0.25) is 0 Å². The van der Waals surface area contributed by atoms with E-state index in [0.29, 0.717) is 11.1 Å². The molecule has 0 spiro atoms. The summed E-state index contributed by atoms with van der Waals surface area (Å²) in [4.78, 5) is 37.5. The number of carbonyl (C=O) groups is 2. The fourth-order valence-electron chi connectivity index (χ4n) is 2.51. The van der Waals surface area contributed by atoms with Crippen molar-refractivity contribution in [2.75, 3.05) is 25.6 Å². The first-order chi connectivity index (χ1) is 12.3. The molecule has 0 saturated heterocycles. The van der Waals surface area contributed by atoms with E-state index in [4.69, 9.17) is 4.74 Å². The lowest BCUT2D eigenvalue weighted by Crippen LogP contribution is -2.24. The molecule has 0 aliphatic heterocycles. The van der Waals surface area contributed by atoms with Crippen LogP contribution in [-0.4, -0.2) is 37.4 Å². The van der Waals surface area contributed by atoms with E-state index in [1.165, 1.54) is 24.3 Å². The zero-order valence-corrected chi connectivity index (χ0v) is 14.8. The van der Waals surface area contributed by atoms with Gasteiger partial charge in [-0.2, -0.15) is 0 Å². The summed E-state index contributed by atoms with van der Waals surface area (Å²) in [5, 5.41) is 10.8. The second-order valence-electron chi connectivity index (χ2n) is 5.84. The first kappa shape index (κ1) is 19.1. The second kappa shape index (κ2) is 8.24. The van der Waals surface area contributed by atoms with Gasteiger partial charge in [0.2, 0.25) is 0 Å². The minimum atomic E-state index is -1.17. The van der Waals surface area contributed by atoms with Gasteiger partial charge in [-0.15, -0.1) is 0 Å². The fraction of sp³-hybridized carbons (Fsp3) is 0.263. The maximum absolute atomic E-state index is 13.0. The molecule has 0 aromatic heterocycles. The van der Waals surface area contributed by atoms with Gasteiger partial charge in [0, 0.05) is 37.5 Å². The molecule has 0 radical (unpaired) electrons. The average Bonchev–Trinajstić information content (AvgIpc) is 2.62. The molecule has 2 aromatic rings. The maximum Gasteiger partial charge on any atom is 0.321 e. The van der Waals surface area contributed by atoms with E-state index >= 15 is 0 Å². The number of hydrogen-bond acceptors (Lipinski definition) is 6. The first-order valence-corrected chi connectivity index (χ1v) is 8.07. The van der Waals surface area contributed by atoms with Gasteiger partial charge in [-0.25, -0.2) is 0 Å². The van der Waals surface area contributed by atoms with Crippen molar-refractivity contribution in [3.05, 3.63) is 69.8 Å². The van der Waals surface area contributed by atoms with E-state index < -0.39 is 22.6 Å². The van der Waals surface area contributed by atoms with Crippen LogP contribution in [-0.2, 0) is 9.53 Å².